The van der Waals surface area contributed by atoms with E-state index in [1.54, 1.807) is 10.4 Å². The van der Waals surface area contributed by atoms with Gasteiger partial charge in [-0.15, -0.1) is 0 Å². The van der Waals surface area contributed by atoms with E-state index in [2.05, 4.69) is 161 Å². The SMILES string of the molecule is C[Si](C)(C)c1cc(-c2ccc3ccccc3c2)c2ccc3c([Si](C)(C)C)cc(-c4ccc5ccccc5c4)c4ccc1c2c43. The van der Waals surface area contributed by atoms with Crippen LogP contribution in [0, 0.1) is 0 Å². The summed E-state index contributed by atoms with van der Waals surface area (Å²) in [7, 11) is -3.39. The lowest BCUT2D eigenvalue weighted by Crippen LogP contribution is -2.39. The summed E-state index contributed by atoms with van der Waals surface area (Å²) in [4.78, 5) is 0. The fourth-order valence-corrected chi connectivity index (χ4v) is 10.6. The molecule has 0 spiro atoms. The second kappa shape index (κ2) is 9.63. The van der Waals surface area contributed by atoms with Gasteiger partial charge in [0.1, 0.15) is 0 Å². The standard InChI is InChI=1S/C42H38Si2/c1-43(2,3)39-25-37(31-17-15-27-11-7-9-13-29(27)23-31)33-20-22-36-40(44(4,5)6)26-38(34-19-21-35(39)41(33)42(34)36)32-18-16-28-12-8-10-14-30(28)24-32/h7-26H,1-6H3. The molecule has 0 aliphatic carbocycles. The summed E-state index contributed by atoms with van der Waals surface area (Å²) in [5, 5.41) is 16.8. The van der Waals surface area contributed by atoms with E-state index in [4.69, 9.17) is 0 Å². The maximum absolute atomic E-state index is 2.54. The van der Waals surface area contributed by atoms with Crippen molar-refractivity contribution in [3.05, 3.63) is 121 Å². The Morgan fingerprint density at radius 1 is 0.341 bits per heavy atom. The first-order valence-corrected chi connectivity index (χ1v) is 22.9. The van der Waals surface area contributed by atoms with Crippen molar-refractivity contribution >= 4 is 80.4 Å². The summed E-state index contributed by atoms with van der Waals surface area (Å²) in [5.41, 5.74) is 5.34. The number of hydrogen-bond acceptors (Lipinski definition) is 0. The van der Waals surface area contributed by atoms with Gasteiger partial charge in [0, 0.05) is 0 Å². The van der Waals surface area contributed by atoms with Crippen LogP contribution in [0.2, 0.25) is 39.3 Å². The third-order valence-electron chi connectivity index (χ3n) is 9.64. The molecule has 8 rings (SSSR count). The van der Waals surface area contributed by atoms with Crippen LogP contribution in [0.5, 0.6) is 0 Å². The van der Waals surface area contributed by atoms with E-state index in [0.29, 0.717) is 0 Å². The largest absolute Gasteiger partial charge is 0.0784 e. The Kier molecular flexibility index (Phi) is 5.98. The molecule has 0 amide bonds. The molecule has 8 aromatic carbocycles. The molecule has 0 saturated heterocycles. The van der Waals surface area contributed by atoms with Crippen LogP contribution in [0.3, 0.4) is 0 Å². The molecule has 0 fully saturated rings. The fraction of sp³-hybridized carbons (Fsp3) is 0.143. The maximum Gasteiger partial charge on any atom is 0.0784 e. The Morgan fingerprint density at radius 3 is 1.09 bits per heavy atom. The molecule has 214 valence electrons. The molecule has 2 heteroatoms. The molecule has 0 nitrogen and oxygen atoms in total. The highest BCUT2D eigenvalue weighted by atomic mass is 28.3. The summed E-state index contributed by atoms with van der Waals surface area (Å²) >= 11 is 0. The van der Waals surface area contributed by atoms with E-state index in [1.807, 2.05) is 0 Å². The zero-order chi connectivity index (χ0) is 30.4. The van der Waals surface area contributed by atoms with Crippen LogP contribution < -0.4 is 10.4 Å². The molecule has 0 aromatic heterocycles. The molecule has 0 unspecified atom stereocenters. The Balaban J connectivity index is 1.54. The summed E-state index contributed by atoms with van der Waals surface area (Å²) in [5.74, 6) is 0. The van der Waals surface area contributed by atoms with Gasteiger partial charge in [0.25, 0.3) is 0 Å². The highest BCUT2D eigenvalue weighted by molar-refractivity contribution is 6.91. The molecule has 0 heterocycles. The minimum atomic E-state index is -1.69. The quantitative estimate of drug-likeness (QED) is 0.140. The van der Waals surface area contributed by atoms with Gasteiger partial charge < -0.3 is 0 Å². The van der Waals surface area contributed by atoms with Crippen molar-refractivity contribution < 1.29 is 0 Å². The first-order valence-electron chi connectivity index (χ1n) is 15.9. The monoisotopic (exact) mass is 598 g/mol. The molecule has 0 atom stereocenters. The van der Waals surface area contributed by atoms with Gasteiger partial charge in [0.15, 0.2) is 0 Å². The van der Waals surface area contributed by atoms with E-state index in [9.17, 15) is 0 Å². The Bertz CT molecular complexity index is 2230. The number of hydrogen-bond donors (Lipinski definition) is 0. The van der Waals surface area contributed by atoms with Crippen LogP contribution in [0.15, 0.2) is 121 Å². The van der Waals surface area contributed by atoms with Crippen molar-refractivity contribution in [2.24, 2.45) is 0 Å². The van der Waals surface area contributed by atoms with Crippen molar-refractivity contribution in [2.75, 3.05) is 0 Å². The smallest absolute Gasteiger partial charge is 0.0656 e. The van der Waals surface area contributed by atoms with Crippen molar-refractivity contribution in [1.29, 1.82) is 0 Å². The lowest BCUT2D eigenvalue weighted by atomic mass is 9.86. The zero-order valence-electron chi connectivity index (χ0n) is 26.5. The van der Waals surface area contributed by atoms with E-state index in [-0.39, 0.29) is 0 Å². The highest BCUT2D eigenvalue weighted by Gasteiger charge is 2.27. The molecule has 8 aromatic rings. The minimum Gasteiger partial charge on any atom is -0.0656 e. The minimum absolute atomic E-state index is 1.29. The van der Waals surface area contributed by atoms with Crippen molar-refractivity contribution in [3.63, 3.8) is 0 Å². The van der Waals surface area contributed by atoms with Gasteiger partial charge in [-0.1, -0.05) is 159 Å². The van der Waals surface area contributed by atoms with Crippen LogP contribution in [-0.4, -0.2) is 16.1 Å². The molecule has 0 N–H and O–H groups in total. The fourth-order valence-electron chi connectivity index (χ4n) is 7.43. The van der Waals surface area contributed by atoms with Crippen molar-refractivity contribution in [1.82, 2.24) is 0 Å². The lowest BCUT2D eigenvalue weighted by molar-refractivity contribution is 1.67. The van der Waals surface area contributed by atoms with Gasteiger partial charge in [-0.2, -0.15) is 0 Å². The maximum atomic E-state index is 2.54. The van der Waals surface area contributed by atoms with Crippen LogP contribution >= 0.6 is 0 Å². The van der Waals surface area contributed by atoms with Gasteiger partial charge in [0.2, 0.25) is 0 Å². The second-order valence-corrected chi connectivity index (χ2v) is 24.7. The molecule has 0 aliphatic rings. The lowest BCUT2D eigenvalue weighted by Gasteiger charge is -2.27. The number of fused-ring (bicyclic) bond motifs is 2. The van der Waals surface area contributed by atoms with Gasteiger partial charge in [-0.05, 0) is 88.2 Å². The van der Waals surface area contributed by atoms with Gasteiger partial charge in [-0.3, -0.25) is 0 Å². The van der Waals surface area contributed by atoms with E-state index in [0.717, 1.165) is 0 Å². The van der Waals surface area contributed by atoms with Crippen LogP contribution in [-0.2, 0) is 0 Å². The number of benzene rings is 8. The molecular weight excluding hydrogens is 561 g/mol. The Labute approximate surface area is 262 Å². The molecule has 0 saturated carbocycles. The number of rotatable bonds is 4. The van der Waals surface area contributed by atoms with E-state index < -0.39 is 16.1 Å². The average Bonchev–Trinajstić information content (AvgIpc) is 3.01. The normalized spacial score (nSPS) is 12.8. The first-order chi connectivity index (χ1) is 21.1. The molecule has 44 heavy (non-hydrogen) atoms. The molecule has 0 aliphatic heterocycles. The zero-order valence-corrected chi connectivity index (χ0v) is 28.5. The summed E-state index contributed by atoms with van der Waals surface area (Å²) in [6.07, 6.45) is 0. The summed E-state index contributed by atoms with van der Waals surface area (Å²) in [6.45, 7) is 15.0. The van der Waals surface area contributed by atoms with Gasteiger partial charge in [-0.25, -0.2) is 0 Å². The van der Waals surface area contributed by atoms with Crippen LogP contribution in [0.1, 0.15) is 0 Å². The molecule has 0 radical (unpaired) electrons. The Hall–Kier alpha value is -4.25. The second-order valence-electron chi connectivity index (χ2n) is 14.6. The topological polar surface area (TPSA) is 0 Å². The summed E-state index contributed by atoms with van der Waals surface area (Å²) in [6, 6.07) is 46.3. The van der Waals surface area contributed by atoms with Gasteiger partial charge in [0.05, 0.1) is 16.1 Å². The average molecular weight is 599 g/mol. The van der Waals surface area contributed by atoms with E-state index >= 15 is 0 Å². The predicted molar refractivity (Wildman–Crippen MR) is 202 cm³/mol. The molecular formula is C42H38Si2. The third-order valence-corrected chi connectivity index (χ3v) is 13.7. The third kappa shape index (κ3) is 4.23. The van der Waals surface area contributed by atoms with Gasteiger partial charge >= 0.3 is 0 Å². The van der Waals surface area contributed by atoms with Crippen LogP contribution in [0.25, 0.3) is 76.1 Å². The predicted octanol–water partition coefficient (Wildman–Crippen LogP) is 11.3. The van der Waals surface area contributed by atoms with Crippen molar-refractivity contribution in [2.45, 2.75) is 39.3 Å². The Morgan fingerprint density at radius 2 is 0.705 bits per heavy atom. The van der Waals surface area contributed by atoms with Crippen molar-refractivity contribution in [3.8, 4) is 22.3 Å². The van der Waals surface area contributed by atoms with Crippen LogP contribution in [0.4, 0.5) is 0 Å². The molecule has 0 bridgehead atoms. The summed E-state index contributed by atoms with van der Waals surface area (Å²) < 4.78 is 0. The highest BCUT2D eigenvalue weighted by Crippen LogP contribution is 2.43. The first kappa shape index (κ1) is 27.3. The van der Waals surface area contributed by atoms with E-state index in [1.165, 1.54) is 76.1 Å².